The molecule has 1 amide bonds. The SMILES string of the molecule is CSc1ccccc1NC(=O)COC(=O)COc1ccccc1C(C)(C)C. The summed E-state index contributed by atoms with van der Waals surface area (Å²) in [4.78, 5) is 24.9. The standard InChI is InChI=1S/C21H25NO4S/c1-21(2,3)15-9-5-7-11-17(15)25-14-20(24)26-13-19(23)22-16-10-6-8-12-18(16)27-4/h5-12H,13-14H2,1-4H3,(H,22,23). The first-order valence-electron chi connectivity index (χ1n) is 8.62. The number of hydrogen-bond donors (Lipinski definition) is 1. The summed E-state index contributed by atoms with van der Waals surface area (Å²) in [5, 5.41) is 2.74. The van der Waals surface area contributed by atoms with E-state index in [0.29, 0.717) is 11.4 Å². The molecule has 2 aromatic carbocycles. The Morgan fingerprint density at radius 3 is 2.37 bits per heavy atom. The first kappa shape index (κ1) is 20.8. The molecule has 1 N–H and O–H groups in total. The highest BCUT2D eigenvalue weighted by molar-refractivity contribution is 7.98. The Hall–Kier alpha value is -2.47. The van der Waals surface area contributed by atoms with E-state index >= 15 is 0 Å². The third-order valence-corrected chi connectivity index (χ3v) is 4.58. The molecule has 0 unspecified atom stereocenters. The fourth-order valence-corrected chi connectivity index (χ4v) is 3.02. The Kier molecular flexibility index (Phi) is 7.30. The van der Waals surface area contributed by atoms with Gasteiger partial charge in [0.05, 0.1) is 5.69 Å². The van der Waals surface area contributed by atoms with Crippen molar-refractivity contribution in [2.45, 2.75) is 31.1 Å². The maximum atomic E-state index is 12.0. The number of thioether (sulfide) groups is 1. The van der Waals surface area contributed by atoms with E-state index in [1.807, 2.05) is 48.7 Å². The van der Waals surface area contributed by atoms with Crippen LogP contribution in [0.4, 0.5) is 5.69 Å². The molecule has 0 aromatic heterocycles. The van der Waals surface area contributed by atoms with Gasteiger partial charge in [0.1, 0.15) is 5.75 Å². The van der Waals surface area contributed by atoms with Crippen LogP contribution in [0, 0.1) is 0 Å². The normalized spacial score (nSPS) is 11.0. The van der Waals surface area contributed by atoms with Crippen LogP contribution in [0.15, 0.2) is 53.4 Å². The van der Waals surface area contributed by atoms with Gasteiger partial charge in [-0.15, -0.1) is 11.8 Å². The molecule has 2 rings (SSSR count). The monoisotopic (exact) mass is 387 g/mol. The van der Waals surface area contributed by atoms with Gasteiger partial charge in [0, 0.05) is 4.90 Å². The molecule has 0 aliphatic heterocycles. The molecule has 0 fully saturated rings. The van der Waals surface area contributed by atoms with Crippen molar-refractivity contribution in [1.82, 2.24) is 0 Å². The van der Waals surface area contributed by atoms with E-state index in [1.54, 1.807) is 6.07 Å². The number of ether oxygens (including phenoxy) is 2. The first-order valence-corrected chi connectivity index (χ1v) is 9.84. The van der Waals surface area contributed by atoms with Gasteiger partial charge in [0.2, 0.25) is 0 Å². The summed E-state index contributed by atoms with van der Waals surface area (Å²) >= 11 is 1.53. The summed E-state index contributed by atoms with van der Waals surface area (Å²) in [6.07, 6.45) is 1.93. The lowest BCUT2D eigenvalue weighted by atomic mass is 9.86. The van der Waals surface area contributed by atoms with Crippen molar-refractivity contribution in [1.29, 1.82) is 0 Å². The highest BCUT2D eigenvalue weighted by Gasteiger charge is 2.19. The van der Waals surface area contributed by atoms with E-state index in [0.717, 1.165) is 10.5 Å². The third-order valence-electron chi connectivity index (χ3n) is 3.79. The highest BCUT2D eigenvalue weighted by Crippen LogP contribution is 2.30. The summed E-state index contributed by atoms with van der Waals surface area (Å²) in [5.41, 5.74) is 1.59. The zero-order valence-electron chi connectivity index (χ0n) is 16.1. The van der Waals surface area contributed by atoms with Crippen LogP contribution in [-0.4, -0.2) is 31.3 Å². The molecular formula is C21H25NO4S. The van der Waals surface area contributed by atoms with Gasteiger partial charge in [-0.05, 0) is 35.4 Å². The van der Waals surface area contributed by atoms with E-state index in [4.69, 9.17) is 9.47 Å². The zero-order valence-corrected chi connectivity index (χ0v) is 16.9. The quantitative estimate of drug-likeness (QED) is 0.568. The number of benzene rings is 2. The Labute approximate surface area is 164 Å². The number of anilines is 1. The minimum absolute atomic E-state index is 0.106. The van der Waals surface area contributed by atoms with Crippen molar-refractivity contribution in [3.05, 3.63) is 54.1 Å². The molecule has 2 aromatic rings. The van der Waals surface area contributed by atoms with E-state index in [-0.39, 0.29) is 24.5 Å². The van der Waals surface area contributed by atoms with Crippen molar-refractivity contribution in [3.63, 3.8) is 0 Å². The molecule has 27 heavy (non-hydrogen) atoms. The average Bonchev–Trinajstić information content (AvgIpc) is 2.64. The summed E-state index contributed by atoms with van der Waals surface area (Å²) < 4.78 is 10.6. The topological polar surface area (TPSA) is 64.6 Å². The van der Waals surface area contributed by atoms with Crippen molar-refractivity contribution >= 4 is 29.3 Å². The Balaban J connectivity index is 1.84. The summed E-state index contributed by atoms with van der Waals surface area (Å²) in [6, 6.07) is 15.0. The molecule has 0 heterocycles. The predicted octanol–water partition coefficient (Wildman–Crippen LogP) is 4.27. The maximum absolute atomic E-state index is 12.0. The molecular weight excluding hydrogens is 362 g/mol. The molecule has 0 atom stereocenters. The van der Waals surface area contributed by atoms with E-state index in [9.17, 15) is 9.59 Å². The summed E-state index contributed by atoms with van der Waals surface area (Å²) in [7, 11) is 0. The Morgan fingerprint density at radius 1 is 1.00 bits per heavy atom. The number of para-hydroxylation sites is 2. The number of hydrogen-bond acceptors (Lipinski definition) is 5. The molecule has 0 aliphatic rings. The van der Waals surface area contributed by atoms with Crippen LogP contribution in [0.25, 0.3) is 0 Å². The van der Waals surface area contributed by atoms with Crippen LogP contribution >= 0.6 is 11.8 Å². The molecule has 0 spiro atoms. The molecule has 0 radical (unpaired) electrons. The summed E-state index contributed by atoms with van der Waals surface area (Å²) in [5.74, 6) is -0.341. The van der Waals surface area contributed by atoms with Gasteiger partial charge in [-0.1, -0.05) is 51.1 Å². The Morgan fingerprint density at radius 2 is 1.67 bits per heavy atom. The second-order valence-electron chi connectivity index (χ2n) is 6.94. The van der Waals surface area contributed by atoms with Crippen LogP contribution in [-0.2, 0) is 19.7 Å². The number of carbonyl (C=O) groups is 2. The predicted molar refractivity (Wildman–Crippen MR) is 108 cm³/mol. The second kappa shape index (κ2) is 9.46. The van der Waals surface area contributed by atoms with Gasteiger partial charge in [0.15, 0.2) is 13.2 Å². The van der Waals surface area contributed by atoms with E-state index < -0.39 is 5.97 Å². The lowest BCUT2D eigenvalue weighted by Crippen LogP contribution is -2.24. The molecule has 5 nitrogen and oxygen atoms in total. The van der Waals surface area contributed by atoms with Crippen molar-refractivity contribution in [2.75, 3.05) is 24.8 Å². The number of carbonyl (C=O) groups excluding carboxylic acids is 2. The number of esters is 1. The lowest BCUT2D eigenvalue weighted by molar-refractivity contribution is -0.149. The van der Waals surface area contributed by atoms with Gasteiger partial charge >= 0.3 is 5.97 Å². The molecule has 0 saturated carbocycles. The van der Waals surface area contributed by atoms with Gasteiger partial charge in [0.25, 0.3) is 5.91 Å². The van der Waals surface area contributed by atoms with Crippen LogP contribution in [0.3, 0.4) is 0 Å². The fraction of sp³-hybridized carbons (Fsp3) is 0.333. The van der Waals surface area contributed by atoms with Gasteiger partial charge in [-0.25, -0.2) is 4.79 Å². The fourth-order valence-electron chi connectivity index (χ4n) is 2.47. The van der Waals surface area contributed by atoms with Crippen LogP contribution in [0.2, 0.25) is 0 Å². The van der Waals surface area contributed by atoms with Crippen LogP contribution < -0.4 is 10.1 Å². The number of rotatable bonds is 7. The molecule has 0 bridgehead atoms. The van der Waals surface area contributed by atoms with Crippen molar-refractivity contribution in [3.8, 4) is 5.75 Å². The van der Waals surface area contributed by atoms with Crippen LogP contribution in [0.5, 0.6) is 5.75 Å². The van der Waals surface area contributed by atoms with E-state index in [2.05, 4.69) is 26.1 Å². The largest absolute Gasteiger partial charge is 0.482 e. The second-order valence-corrected chi connectivity index (χ2v) is 7.79. The maximum Gasteiger partial charge on any atom is 0.344 e. The number of nitrogens with one attached hydrogen (secondary N) is 1. The first-order chi connectivity index (χ1) is 12.8. The van der Waals surface area contributed by atoms with Gasteiger partial charge in [-0.2, -0.15) is 0 Å². The lowest BCUT2D eigenvalue weighted by Gasteiger charge is -2.22. The zero-order chi connectivity index (χ0) is 19.9. The molecule has 6 heteroatoms. The average molecular weight is 388 g/mol. The molecule has 144 valence electrons. The highest BCUT2D eigenvalue weighted by atomic mass is 32.2. The smallest absolute Gasteiger partial charge is 0.344 e. The summed E-state index contributed by atoms with van der Waals surface area (Å²) in [6.45, 7) is 5.62. The molecule has 0 aliphatic carbocycles. The minimum atomic E-state index is -0.591. The van der Waals surface area contributed by atoms with Crippen LogP contribution in [0.1, 0.15) is 26.3 Å². The van der Waals surface area contributed by atoms with Crippen molar-refractivity contribution in [2.24, 2.45) is 0 Å². The number of amides is 1. The van der Waals surface area contributed by atoms with Gasteiger partial charge in [-0.3, -0.25) is 4.79 Å². The van der Waals surface area contributed by atoms with Gasteiger partial charge < -0.3 is 14.8 Å². The van der Waals surface area contributed by atoms with Crippen molar-refractivity contribution < 1.29 is 19.1 Å². The van der Waals surface area contributed by atoms with E-state index in [1.165, 1.54) is 11.8 Å². The molecule has 0 saturated heterocycles. The third kappa shape index (κ3) is 6.32. The Bertz CT molecular complexity index is 799. The minimum Gasteiger partial charge on any atom is -0.482 e.